The first-order valence-corrected chi connectivity index (χ1v) is 11.6. The number of imidazole rings is 1. The predicted octanol–water partition coefficient (Wildman–Crippen LogP) is -3.20. The van der Waals surface area contributed by atoms with Crippen molar-refractivity contribution in [1.82, 2.24) is 24.8 Å². The van der Waals surface area contributed by atoms with Crippen molar-refractivity contribution in [3.63, 3.8) is 0 Å². The Morgan fingerprint density at radius 2 is 2.00 bits per heavy atom. The molecule has 1 aliphatic heterocycles. The van der Waals surface area contributed by atoms with Crippen LogP contribution >= 0.6 is 7.82 Å². The summed E-state index contributed by atoms with van der Waals surface area (Å²) in [4.78, 5) is 39.4. The number of nitrogen functional groups attached to an aromatic ring is 1. The zero-order valence-corrected chi connectivity index (χ0v) is 19.1. The second kappa shape index (κ2) is 12.1. The summed E-state index contributed by atoms with van der Waals surface area (Å²) in [7, 11) is -4.72. The van der Waals surface area contributed by atoms with Crippen molar-refractivity contribution < 1.29 is 43.7 Å². The zero-order valence-electron chi connectivity index (χ0n) is 18.2. The average Bonchev–Trinajstić information content (AvgIpc) is 3.31. The minimum Gasteiger partial charge on any atom is -0.480 e. The normalized spacial score (nSPS) is 22.9. The number of phosphoric acid groups is 1. The van der Waals surface area contributed by atoms with E-state index in [1.807, 2.05) is 0 Å². The number of nitrogens with two attached hydrogens (primary N) is 3. The predicted molar refractivity (Wildman–Crippen MR) is 118 cm³/mol. The van der Waals surface area contributed by atoms with Crippen LogP contribution in [-0.4, -0.2) is 94.1 Å². The van der Waals surface area contributed by atoms with Crippen LogP contribution in [0.25, 0.3) is 11.2 Å². The van der Waals surface area contributed by atoms with E-state index in [1.54, 1.807) is 0 Å². The van der Waals surface area contributed by atoms with Crippen LogP contribution in [0, 0.1) is 5.41 Å². The molecule has 0 aliphatic carbocycles. The largest absolute Gasteiger partial charge is 0.480 e. The Labute approximate surface area is 197 Å². The molecule has 2 aromatic heterocycles. The summed E-state index contributed by atoms with van der Waals surface area (Å²) in [5.41, 5.74) is 16.5. The third kappa shape index (κ3) is 8.05. The molecule has 19 heteroatoms. The number of guanidine groups is 1. The summed E-state index contributed by atoms with van der Waals surface area (Å²) in [6, 6.07) is -0.821. The number of aromatic nitrogens is 4. The van der Waals surface area contributed by atoms with Gasteiger partial charge in [-0.3, -0.25) is 19.3 Å². The minimum absolute atomic E-state index is 0.112. The highest BCUT2D eigenvalue weighted by atomic mass is 31.2. The Kier molecular flexibility index (Phi) is 9.81. The lowest BCUT2D eigenvalue weighted by atomic mass is 10.1. The molecule has 1 fully saturated rings. The van der Waals surface area contributed by atoms with Gasteiger partial charge >= 0.3 is 13.8 Å². The topological polar surface area (TPSA) is 311 Å². The number of aliphatic hydroxyl groups is 2. The van der Waals surface area contributed by atoms with Crippen LogP contribution in [0.2, 0.25) is 0 Å². The minimum atomic E-state index is -4.72. The summed E-state index contributed by atoms with van der Waals surface area (Å²) in [5, 5.41) is 37.8. The van der Waals surface area contributed by atoms with Crippen LogP contribution in [0.15, 0.2) is 12.7 Å². The number of phosphoric ester groups is 1. The van der Waals surface area contributed by atoms with Crippen LogP contribution < -0.4 is 22.5 Å². The molecule has 0 spiro atoms. The molecular weight excluding hydrogens is 493 g/mol. The van der Waals surface area contributed by atoms with Crippen LogP contribution in [-0.2, 0) is 18.6 Å². The van der Waals surface area contributed by atoms with E-state index in [-0.39, 0.29) is 17.4 Å². The lowest BCUT2D eigenvalue weighted by molar-refractivity contribution is -0.138. The molecule has 0 bridgehead atoms. The van der Waals surface area contributed by atoms with Gasteiger partial charge in [-0.2, -0.15) is 0 Å². The third-order valence-corrected chi connectivity index (χ3v) is 5.22. The number of ether oxygens (including phenoxy) is 1. The molecule has 1 unspecified atom stereocenters. The van der Waals surface area contributed by atoms with Crippen molar-refractivity contribution in [3.8, 4) is 0 Å². The van der Waals surface area contributed by atoms with E-state index in [4.69, 9.17) is 42.2 Å². The van der Waals surface area contributed by atoms with Gasteiger partial charge in [0.2, 0.25) is 0 Å². The maximum absolute atomic E-state index is 10.7. The number of aliphatic carboxylic acids is 1. The second-order valence-corrected chi connectivity index (χ2v) is 8.58. The maximum Gasteiger partial charge on any atom is 0.469 e. The number of fused-ring (bicyclic) bond motifs is 1. The molecule has 35 heavy (non-hydrogen) atoms. The number of carboxylic acid groups (broad SMARTS) is 1. The fraction of sp³-hybridized carbons (Fsp3) is 0.562. The average molecular weight is 521 g/mol. The number of anilines is 1. The number of rotatable bonds is 9. The Morgan fingerprint density at radius 1 is 1.31 bits per heavy atom. The molecule has 0 radical (unpaired) electrons. The number of hydrogen-bond acceptors (Lipinski definition) is 12. The summed E-state index contributed by atoms with van der Waals surface area (Å²) in [6.07, 6.45) is -1.52. The zero-order chi connectivity index (χ0) is 26.3. The molecular formula is C16H28N9O9P. The molecule has 3 rings (SSSR count). The van der Waals surface area contributed by atoms with Gasteiger partial charge in [0.1, 0.15) is 36.2 Å². The highest BCUT2D eigenvalue weighted by Crippen LogP contribution is 2.38. The first kappa shape index (κ1) is 28.3. The Bertz CT molecular complexity index is 1060. The molecule has 0 amide bonds. The highest BCUT2D eigenvalue weighted by Gasteiger charge is 2.45. The molecule has 1 saturated heterocycles. The fourth-order valence-electron chi connectivity index (χ4n) is 2.99. The Balaban J connectivity index is 0.000000307. The Morgan fingerprint density at radius 3 is 2.60 bits per heavy atom. The summed E-state index contributed by atoms with van der Waals surface area (Å²) in [6.45, 7) is -0.112. The van der Waals surface area contributed by atoms with E-state index in [2.05, 4.69) is 24.8 Å². The standard InChI is InChI=1S/C10H14N5O7P.C6H14N4O2/c11-8-5-9(13-2-12-8)15(3-14-5)10-7(17)6(16)4(22-10)1-21-23(18,19)20;7-4(5(11)12)2-1-3-10-6(8)9/h2-4,6-7,10,16-17H,1H2,(H2,11,12,13)(H2,18,19,20);4H,1-3,7H2,(H,11,12)(H4,8,9,10)/t4-,6-,7-,10-;/m1./s1. The van der Waals surface area contributed by atoms with Crippen molar-refractivity contribution in [1.29, 1.82) is 5.41 Å². The van der Waals surface area contributed by atoms with E-state index >= 15 is 0 Å². The van der Waals surface area contributed by atoms with Crippen LogP contribution in [0.3, 0.4) is 0 Å². The number of aliphatic hydroxyl groups excluding tert-OH is 2. The number of nitrogens with one attached hydrogen (secondary N) is 2. The summed E-state index contributed by atoms with van der Waals surface area (Å²) in [5.74, 6) is -0.972. The smallest absolute Gasteiger partial charge is 0.469 e. The van der Waals surface area contributed by atoms with Gasteiger partial charge in [0.05, 0.1) is 12.9 Å². The maximum atomic E-state index is 10.7. The summed E-state index contributed by atoms with van der Waals surface area (Å²) < 4.78 is 21.8. The van der Waals surface area contributed by atoms with Crippen LogP contribution in [0.4, 0.5) is 5.82 Å². The fourth-order valence-corrected chi connectivity index (χ4v) is 3.33. The van der Waals surface area contributed by atoms with Gasteiger partial charge in [-0.1, -0.05) is 0 Å². The third-order valence-electron chi connectivity index (χ3n) is 4.73. The first-order valence-electron chi connectivity index (χ1n) is 10.0. The monoisotopic (exact) mass is 521 g/mol. The van der Waals surface area contributed by atoms with Gasteiger partial charge in [-0.15, -0.1) is 0 Å². The first-order chi connectivity index (χ1) is 16.3. The molecule has 196 valence electrons. The van der Waals surface area contributed by atoms with Crippen molar-refractivity contribution in [3.05, 3.63) is 12.7 Å². The number of carbonyl (C=O) groups is 1. The van der Waals surface area contributed by atoms with Gasteiger partial charge < -0.3 is 52.4 Å². The van der Waals surface area contributed by atoms with Crippen molar-refractivity contribution in [2.24, 2.45) is 11.5 Å². The van der Waals surface area contributed by atoms with Gasteiger partial charge in [0, 0.05) is 6.54 Å². The molecule has 0 saturated carbocycles. The van der Waals surface area contributed by atoms with Crippen molar-refractivity contribution in [2.75, 3.05) is 18.9 Å². The van der Waals surface area contributed by atoms with E-state index in [1.165, 1.54) is 17.2 Å². The highest BCUT2D eigenvalue weighted by molar-refractivity contribution is 7.46. The van der Waals surface area contributed by atoms with Crippen molar-refractivity contribution in [2.45, 2.75) is 43.4 Å². The quantitative estimate of drug-likeness (QED) is 0.0672. The van der Waals surface area contributed by atoms with Crippen LogP contribution in [0.1, 0.15) is 19.1 Å². The lowest BCUT2D eigenvalue weighted by Gasteiger charge is -2.16. The lowest BCUT2D eigenvalue weighted by Crippen LogP contribution is -2.34. The number of carboxylic acids is 1. The second-order valence-electron chi connectivity index (χ2n) is 7.34. The van der Waals surface area contributed by atoms with E-state index in [9.17, 15) is 19.6 Å². The molecule has 0 aromatic carbocycles. The Hall–Kier alpha value is -2.96. The number of nitrogens with zero attached hydrogens (tertiary/aromatic N) is 4. The SMILES string of the molecule is N=C(N)NCCCC(N)C(=O)O.Nc1ncnc2c1ncn2[C@@H]1O[C@H](COP(=O)(O)O)[C@@H](O)[C@H]1O. The van der Waals surface area contributed by atoms with Crippen molar-refractivity contribution >= 4 is 36.7 Å². The van der Waals surface area contributed by atoms with Gasteiger partial charge in [0.15, 0.2) is 23.7 Å². The molecule has 13 N–H and O–H groups in total. The molecule has 2 aromatic rings. The molecule has 5 atom stereocenters. The van der Waals surface area contributed by atoms with E-state index < -0.39 is 51.0 Å². The molecule has 18 nitrogen and oxygen atoms in total. The number of hydrogen-bond donors (Lipinski definition) is 10. The molecule has 3 heterocycles. The van der Waals surface area contributed by atoms with Gasteiger partial charge in [-0.05, 0) is 12.8 Å². The van der Waals surface area contributed by atoms with Gasteiger partial charge in [0.25, 0.3) is 0 Å². The van der Waals surface area contributed by atoms with Gasteiger partial charge in [-0.25, -0.2) is 19.5 Å². The van der Waals surface area contributed by atoms with E-state index in [0.29, 0.717) is 24.9 Å². The van der Waals surface area contributed by atoms with Crippen LogP contribution in [0.5, 0.6) is 0 Å². The molecule has 1 aliphatic rings. The van der Waals surface area contributed by atoms with E-state index in [0.717, 1.165) is 0 Å². The summed E-state index contributed by atoms with van der Waals surface area (Å²) >= 11 is 0.